The van der Waals surface area contributed by atoms with Crippen LogP contribution in [0.5, 0.6) is 0 Å². The maximum atomic E-state index is 13.7. The van der Waals surface area contributed by atoms with E-state index in [0.717, 1.165) is 0 Å². The molecule has 1 saturated heterocycles. The maximum Gasteiger partial charge on any atom is 0.237 e. The van der Waals surface area contributed by atoms with Gasteiger partial charge in [0.05, 0.1) is 0 Å². The zero-order chi connectivity index (χ0) is 20.9. The van der Waals surface area contributed by atoms with Crippen LogP contribution < -0.4 is 10.2 Å². The topological polar surface area (TPSA) is 78.4 Å². The van der Waals surface area contributed by atoms with E-state index in [1.54, 1.807) is 55.4 Å². The van der Waals surface area contributed by atoms with E-state index in [-0.39, 0.29) is 24.2 Å². The SMILES string of the molecule is CC(C)(C(=O)NCCc1ccccc1F)C(=O)N1CCN(c2ncccn2)CC1. The molecule has 0 atom stereocenters. The summed E-state index contributed by atoms with van der Waals surface area (Å²) < 4.78 is 13.7. The lowest BCUT2D eigenvalue weighted by Gasteiger charge is -2.38. The van der Waals surface area contributed by atoms with Gasteiger partial charge in [0.2, 0.25) is 17.8 Å². The summed E-state index contributed by atoms with van der Waals surface area (Å²) in [5.41, 5.74) is -0.656. The lowest BCUT2D eigenvalue weighted by atomic mass is 9.90. The fraction of sp³-hybridized carbons (Fsp3) is 0.429. The number of halogens is 1. The molecular weight excluding hydrogens is 373 g/mol. The van der Waals surface area contributed by atoms with Crippen LogP contribution in [0.3, 0.4) is 0 Å². The van der Waals surface area contributed by atoms with Crippen LogP contribution in [-0.4, -0.2) is 59.4 Å². The number of amides is 2. The van der Waals surface area contributed by atoms with Gasteiger partial charge in [-0.3, -0.25) is 9.59 Å². The molecule has 8 heteroatoms. The quantitative estimate of drug-likeness (QED) is 0.748. The average molecular weight is 399 g/mol. The fourth-order valence-electron chi connectivity index (χ4n) is 3.29. The van der Waals surface area contributed by atoms with Crippen LogP contribution in [0.1, 0.15) is 19.4 Å². The van der Waals surface area contributed by atoms with Crippen LogP contribution in [0.4, 0.5) is 10.3 Å². The van der Waals surface area contributed by atoms with Gasteiger partial charge in [-0.1, -0.05) is 18.2 Å². The Balaban J connectivity index is 1.51. The highest BCUT2D eigenvalue weighted by Crippen LogP contribution is 2.21. The summed E-state index contributed by atoms with van der Waals surface area (Å²) in [5.74, 6) is -0.218. The third-order valence-electron chi connectivity index (χ3n) is 5.14. The van der Waals surface area contributed by atoms with Crippen molar-refractivity contribution in [1.82, 2.24) is 20.2 Å². The minimum Gasteiger partial charge on any atom is -0.355 e. The zero-order valence-corrected chi connectivity index (χ0v) is 16.8. The summed E-state index contributed by atoms with van der Waals surface area (Å²) in [6, 6.07) is 8.23. The molecule has 1 aromatic carbocycles. The highest BCUT2D eigenvalue weighted by atomic mass is 19.1. The highest BCUT2D eigenvalue weighted by molar-refractivity contribution is 6.04. The second-order valence-corrected chi connectivity index (χ2v) is 7.55. The van der Waals surface area contributed by atoms with Crippen LogP contribution >= 0.6 is 0 Å². The number of nitrogens with zero attached hydrogens (tertiary/aromatic N) is 4. The molecule has 1 aliphatic heterocycles. The molecule has 0 aliphatic carbocycles. The normalized spacial score (nSPS) is 14.6. The fourth-order valence-corrected chi connectivity index (χ4v) is 3.29. The van der Waals surface area contributed by atoms with E-state index >= 15 is 0 Å². The Labute approximate surface area is 169 Å². The highest BCUT2D eigenvalue weighted by Gasteiger charge is 2.40. The summed E-state index contributed by atoms with van der Waals surface area (Å²) in [4.78, 5) is 37.8. The van der Waals surface area contributed by atoms with Crippen molar-refractivity contribution >= 4 is 17.8 Å². The molecular formula is C21H26FN5O2. The molecule has 1 aromatic heterocycles. The maximum absolute atomic E-state index is 13.7. The molecule has 3 rings (SSSR count). The summed E-state index contributed by atoms with van der Waals surface area (Å²) in [5, 5.41) is 2.77. The van der Waals surface area contributed by atoms with E-state index in [0.29, 0.717) is 44.1 Å². The number of benzene rings is 1. The molecule has 0 bridgehead atoms. The first-order valence-electron chi connectivity index (χ1n) is 9.72. The number of anilines is 1. The number of hydrogen-bond acceptors (Lipinski definition) is 5. The van der Waals surface area contributed by atoms with Gasteiger partial charge in [-0.2, -0.15) is 0 Å². The second kappa shape index (κ2) is 8.98. The standard InChI is InChI=1S/C21H26FN5O2/c1-21(2,18(28)23-11-8-16-6-3-4-7-17(16)22)19(29)26-12-14-27(15-13-26)20-24-9-5-10-25-20/h3-7,9-10H,8,11-15H2,1-2H3,(H,23,28). The number of hydrogen-bond donors (Lipinski definition) is 1. The number of nitrogens with one attached hydrogen (secondary N) is 1. The van der Waals surface area contributed by atoms with E-state index in [2.05, 4.69) is 15.3 Å². The molecule has 2 amide bonds. The van der Waals surface area contributed by atoms with Gasteiger partial charge in [-0.25, -0.2) is 14.4 Å². The largest absolute Gasteiger partial charge is 0.355 e. The van der Waals surface area contributed by atoms with Crippen molar-refractivity contribution in [1.29, 1.82) is 0 Å². The average Bonchev–Trinajstić information content (AvgIpc) is 2.75. The lowest BCUT2D eigenvalue weighted by molar-refractivity contribution is -0.148. The summed E-state index contributed by atoms with van der Waals surface area (Å²) in [6.45, 7) is 5.75. The van der Waals surface area contributed by atoms with E-state index < -0.39 is 5.41 Å². The lowest BCUT2D eigenvalue weighted by Crippen LogP contribution is -2.55. The molecule has 0 spiro atoms. The van der Waals surface area contributed by atoms with Crippen LogP contribution in [0.15, 0.2) is 42.7 Å². The van der Waals surface area contributed by atoms with Crippen LogP contribution in [-0.2, 0) is 16.0 Å². The summed E-state index contributed by atoms with van der Waals surface area (Å²) in [6.07, 6.45) is 3.75. The van der Waals surface area contributed by atoms with Crippen LogP contribution in [0, 0.1) is 11.2 Å². The number of rotatable bonds is 6. The van der Waals surface area contributed by atoms with Crippen molar-refractivity contribution in [3.63, 3.8) is 0 Å². The van der Waals surface area contributed by atoms with Gasteiger partial charge < -0.3 is 15.1 Å². The van der Waals surface area contributed by atoms with Gasteiger partial charge in [0.1, 0.15) is 11.2 Å². The molecule has 1 aliphatic rings. The van der Waals surface area contributed by atoms with Gasteiger partial charge in [0.25, 0.3) is 0 Å². The first-order chi connectivity index (χ1) is 13.9. The van der Waals surface area contributed by atoms with Crippen molar-refractivity contribution in [3.05, 3.63) is 54.1 Å². The third-order valence-corrected chi connectivity index (χ3v) is 5.14. The molecule has 2 aromatic rings. The first kappa shape index (κ1) is 20.7. The number of carbonyl (C=O) groups excluding carboxylic acids is 2. The molecule has 1 N–H and O–H groups in total. The van der Waals surface area contributed by atoms with E-state index in [4.69, 9.17) is 0 Å². The Morgan fingerprint density at radius 3 is 2.38 bits per heavy atom. The van der Waals surface area contributed by atoms with E-state index in [9.17, 15) is 14.0 Å². The van der Waals surface area contributed by atoms with Gasteiger partial charge in [-0.15, -0.1) is 0 Å². The molecule has 0 radical (unpaired) electrons. The Morgan fingerprint density at radius 2 is 1.72 bits per heavy atom. The van der Waals surface area contributed by atoms with Crippen molar-refractivity contribution in [2.45, 2.75) is 20.3 Å². The molecule has 0 unspecified atom stereocenters. The van der Waals surface area contributed by atoms with Crippen molar-refractivity contribution < 1.29 is 14.0 Å². The first-order valence-corrected chi connectivity index (χ1v) is 9.72. The molecule has 7 nitrogen and oxygen atoms in total. The van der Waals surface area contributed by atoms with E-state index in [1.807, 2.05) is 4.90 Å². The Bertz CT molecular complexity index is 851. The Hall–Kier alpha value is -3.03. The summed E-state index contributed by atoms with van der Waals surface area (Å²) >= 11 is 0. The number of aromatic nitrogens is 2. The van der Waals surface area contributed by atoms with Crippen LogP contribution in [0.25, 0.3) is 0 Å². The van der Waals surface area contributed by atoms with Gasteiger partial charge in [-0.05, 0) is 38.0 Å². The smallest absolute Gasteiger partial charge is 0.237 e. The monoisotopic (exact) mass is 399 g/mol. The van der Waals surface area contributed by atoms with Crippen LogP contribution in [0.2, 0.25) is 0 Å². The number of piperazine rings is 1. The third kappa shape index (κ3) is 4.88. The minimum atomic E-state index is -1.19. The number of carbonyl (C=O) groups is 2. The Kier molecular flexibility index (Phi) is 6.41. The van der Waals surface area contributed by atoms with E-state index in [1.165, 1.54) is 6.07 Å². The van der Waals surface area contributed by atoms with Crippen molar-refractivity contribution in [3.8, 4) is 0 Å². The molecule has 1 fully saturated rings. The zero-order valence-electron chi connectivity index (χ0n) is 16.8. The molecule has 29 heavy (non-hydrogen) atoms. The van der Waals surface area contributed by atoms with Crippen molar-refractivity contribution in [2.75, 3.05) is 37.6 Å². The van der Waals surface area contributed by atoms with Gasteiger partial charge in [0, 0.05) is 45.1 Å². The molecule has 0 saturated carbocycles. The van der Waals surface area contributed by atoms with Gasteiger partial charge >= 0.3 is 0 Å². The summed E-state index contributed by atoms with van der Waals surface area (Å²) in [7, 11) is 0. The van der Waals surface area contributed by atoms with Gasteiger partial charge in [0.15, 0.2) is 0 Å². The Morgan fingerprint density at radius 1 is 1.07 bits per heavy atom. The predicted octanol–water partition coefficient (Wildman–Crippen LogP) is 1.65. The minimum absolute atomic E-state index is 0.213. The predicted molar refractivity (Wildman–Crippen MR) is 108 cm³/mol. The molecule has 2 heterocycles. The second-order valence-electron chi connectivity index (χ2n) is 7.55. The molecule has 154 valence electrons. The van der Waals surface area contributed by atoms with Crippen molar-refractivity contribution in [2.24, 2.45) is 5.41 Å².